The van der Waals surface area contributed by atoms with Crippen molar-refractivity contribution >= 4 is 29.2 Å². The van der Waals surface area contributed by atoms with Crippen molar-refractivity contribution in [2.24, 2.45) is 5.92 Å². The minimum absolute atomic E-state index is 0.0708. The molecular formula is C20H22ClFN6O2. The molecule has 2 aliphatic heterocycles. The molecule has 10 heteroatoms. The summed E-state index contributed by atoms with van der Waals surface area (Å²) < 4.78 is 15.5. The first-order chi connectivity index (χ1) is 14.4. The van der Waals surface area contributed by atoms with E-state index >= 15 is 0 Å². The zero-order valence-corrected chi connectivity index (χ0v) is 17.1. The Hall–Kier alpha value is -2.91. The summed E-state index contributed by atoms with van der Waals surface area (Å²) in [5.74, 6) is -1.19. The van der Waals surface area contributed by atoms with Gasteiger partial charge in [0.25, 0.3) is 0 Å². The molecule has 2 aromatic rings. The summed E-state index contributed by atoms with van der Waals surface area (Å²) in [6.07, 6.45) is 4.14. The number of halogens is 2. The first-order valence-corrected chi connectivity index (χ1v) is 10.1. The number of benzene rings is 1. The summed E-state index contributed by atoms with van der Waals surface area (Å²) in [7, 11) is 0. The highest BCUT2D eigenvalue weighted by Crippen LogP contribution is 2.28. The largest absolute Gasteiger partial charge is 0.335 e. The first kappa shape index (κ1) is 20.4. The maximum absolute atomic E-state index is 14.0. The highest BCUT2D eigenvalue weighted by molar-refractivity contribution is 6.31. The third kappa shape index (κ3) is 4.17. The molecule has 0 radical (unpaired) electrons. The van der Waals surface area contributed by atoms with Gasteiger partial charge in [-0.1, -0.05) is 24.6 Å². The van der Waals surface area contributed by atoms with Crippen LogP contribution in [0.15, 0.2) is 42.2 Å². The molecule has 0 saturated carbocycles. The smallest absolute Gasteiger partial charge is 0.233 e. The van der Waals surface area contributed by atoms with Crippen LogP contribution in [-0.2, 0) is 16.1 Å². The molecule has 30 heavy (non-hydrogen) atoms. The van der Waals surface area contributed by atoms with E-state index in [0.29, 0.717) is 16.4 Å². The van der Waals surface area contributed by atoms with E-state index < -0.39 is 11.7 Å². The molecular weight excluding hydrogens is 411 g/mol. The van der Waals surface area contributed by atoms with Crippen LogP contribution in [0.4, 0.5) is 10.2 Å². The highest BCUT2D eigenvalue weighted by Gasteiger charge is 2.40. The molecule has 0 bridgehead atoms. The lowest BCUT2D eigenvalue weighted by atomic mass is 9.90. The number of carbonyl (C=O) groups excluding carboxylic acids is 2. The number of piperidine rings is 1. The lowest BCUT2D eigenvalue weighted by Gasteiger charge is -2.28. The van der Waals surface area contributed by atoms with Gasteiger partial charge in [-0.05, 0) is 24.1 Å². The van der Waals surface area contributed by atoms with Crippen molar-refractivity contribution in [2.45, 2.75) is 32.5 Å². The van der Waals surface area contributed by atoms with Crippen molar-refractivity contribution in [1.82, 2.24) is 25.5 Å². The average Bonchev–Trinajstić information content (AvgIpc) is 3.30. The van der Waals surface area contributed by atoms with Crippen LogP contribution >= 0.6 is 11.6 Å². The number of hydrazine groups is 1. The van der Waals surface area contributed by atoms with Crippen LogP contribution in [0.2, 0.25) is 5.02 Å². The van der Waals surface area contributed by atoms with E-state index in [0.717, 1.165) is 18.5 Å². The second-order valence-electron chi connectivity index (χ2n) is 7.30. The van der Waals surface area contributed by atoms with Crippen molar-refractivity contribution in [1.29, 1.82) is 0 Å². The molecule has 158 valence electrons. The van der Waals surface area contributed by atoms with E-state index in [9.17, 15) is 14.0 Å². The van der Waals surface area contributed by atoms with E-state index in [1.807, 2.05) is 11.2 Å². The summed E-state index contributed by atoms with van der Waals surface area (Å²) in [5, 5.41) is 12.1. The molecule has 1 aromatic heterocycles. The Bertz CT molecular complexity index is 987. The van der Waals surface area contributed by atoms with Gasteiger partial charge in [0, 0.05) is 42.0 Å². The maximum atomic E-state index is 14.0. The van der Waals surface area contributed by atoms with Crippen LogP contribution in [0.3, 0.4) is 0 Å². The minimum Gasteiger partial charge on any atom is -0.335 e. The van der Waals surface area contributed by atoms with Gasteiger partial charge in [0.2, 0.25) is 11.8 Å². The Labute approximate surface area is 178 Å². The van der Waals surface area contributed by atoms with Gasteiger partial charge in [-0.2, -0.15) is 5.10 Å². The summed E-state index contributed by atoms with van der Waals surface area (Å²) >= 11 is 6.07. The lowest BCUT2D eigenvalue weighted by Crippen LogP contribution is -2.53. The fourth-order valence-corrected chi connectivity index (χ4v) is 3.87. The fourth-order valence-electron chi connectivity index (χ4n) is 3.65. The van der Waals surface area contributed by atoms with E-state index in [1.54, 1.807) is 18.3 Å². The van der Waals surface area contributed by atoms with Crippen LogP contribution in [0.1, 0.15) is 25.3 Å². The Morgan fingerprint density at radius 2 is 2.23 bits per heavy atom. The molecule has 4 rings (SSSR count). The zero-order chi connectivity index (χ0) is 21.3. The highest BCUT2D eigenvalue weighted by atomic mass is 35.5. The van der Waals surface area contributed by atoms with Crippen LogP contribution in [0.5, 0.6) is 0 Å². The molecule has 8 nitrogen and oxygen atoms in total. The van der Waals surface area contributed by atoms with Gasteiger partial charge in [-0.3, -0.25) is 14.3 Å². The van der Waals surface area contributed by atoms with Gasteiger partial charge >= 0.3 is 0 Å². The molecule has 1 saturated heterocycles. The lowest BCUT2D eigenvalue weighted by molar-refractivity contribution is -0.128. The average molecular weight is 433 g/mol. The Morgan fingerprint density at radius 1 is 1.40 bits per heavy atom. The number of amides is 2. The van der Waals surface area contributed by atoms with Crippen molar-refractivity contribution in [3.63, 3.8) is 0 Å². The molecule has 3 heterocycles. The monoisotopic (exact) mass is 432 g/mol. The van der Waals surface area contributed by atoms with Crippen LogP contribution in [0.25, 0.3) is 0 Å². The fraction of sp³-hybridized carbons (Fsp3) is 0.350. The van der Waals surface area contributed by atoms with Crippen molar-refractivity contribution < 1.29 is 14.0 Å². The third-order valence-corrected chi connectivity index (χ3v) is 5.44. The number of rotatable bonds is 6. The number of carbonyl (C=O) groups is 2. The summed E-state index contributed by atoms with van der Waals surface area (Å²) in [6, 6.07) is 6.11. The molecule has 0 aliphatic carbocycles. The molecule has 2 atom stereocenters. The quantitative estimate of drug-likeness (QED) is 0.651. The Morgan fingerprint density at radius 3 is 3.00 bits per heavy atom. The number of nitrogens with zero attached hydrogens (tertiary/aromatic N) is 3. The van der Waals surface area contributed by atoms with Gasteiger partial charge in [0.15, 0.2) is 5.82 Å². The topological polar surface area (TPSA) is 91.3 Å². The second kappa shape index (κ2) is 8.45. The molecule has 3 N–H and O–H groups in total. The Balaban J connectivity index is 1.46. The van der Waals surface area contributed by atoms with Gasteiger partial charge in [-0.15, -0.1) is 0 Å². The molecule has 0 spiro atoms. The summed E-state index contributed by atoms with van der Waals surface area (Å²) in [5.41, 5.74) is 4.32. The minimum atomic E-state index is -0.593. The van der Waals surface area contributed by atoms with E-state index in [-0.39, 0.29) is 30.9 Å². The van der Waals surface area contributed by atoms with Crippen molar-refractivity contribution in [3.05, 3.63) is 58.6 Å². The predicted molar refractivity (Wildman–Crippen MR) is 110 cm³/mol. The SMILES string of the molecule is CCCN1C=C2C(NC(=O)CC2C(=O)Nc2ccn(Cc3c(F)cccc3Cl)n2)N1. The molecule has 2 unspecified atom stereocenters. The van der Waals surface area contributed by atoms with Crippen LogP contribution in [-0.4, -0.2) is 39.3 Å². The predicted octanol–water partition coefficient (Wildman–Crippen LogP) is 2.24. The number of nitrogens with one attached hydrogen (secondary N) is 3. The number of fused-ring (bicyclic) bond motifs is 1. The number of anilines is 1. The van der Waals surface area contributed by atoms with E-state index in [1.165, 1.54) is 16.8 Å². The van der Waals surface area contributed by atoms with Gasteiger partial charge < -0.3 is 15.6 Å². The number of hydrogen-bond donors (Lipinski definition) is 3. The van der Waals surface area contributed by atoms with Crippen molar-refractivity contribution in [2.75, 3.05) is 11.9 Å². The maximum Gasteiger partial charge on any atom is 0.233 e. The standard InChI is InChI=1S/C20H22ClFN6O2/c1-2-7-27-10-13-12(9-18(29)24-19(13)26-27)20(30)23-17-6-8-28(25-17)11-14-15(21)4-3-5-16(14)22/h3-6,8,10,12,19,26H,2,7,9,11H2,1H3,(H,24,29)(H,23,25,30). The number of aromatic nitrogens is 2. The molecule has 2 aliphatic rings. The van der Waals surface area contributed by atoms with E-state index in [4.69, 9.17) is 11.6 Å². The zero-order valence-electron chi connectivity index (χ0n) is 16.4. The van der Waals surface area contributed by atoms with Crippen molar-refractivity contribution in [3.8, 4) is 0 Å². The second-order valence-corrected chi connectivity index (χ2v) is 7.70. The summed E-state index contributed by atoms with van der Waals surface area (Å²) in [4.78, 5) is 25.0. The van der Waals surface area contributed by atoms with Crippen LogP contribution in [0, 0.1) is 11.7 Å². The number of hydrogen-bond acceptors (Lipinski definition) is 5. The van der Waals surface area contributed by atoms with Crippen LogP contribution < -0.4 is 16.1 Å². The summed E-state index contributed by atoms with van der Waals surface area (Å²) in [6.45, 7) is 2.96. The first-order valence-electron chi connectivity index (χ1n) is 9.75. The Kier molecular flexibility index (Phi) is 5.74. The molecule has 1 aromatic carbocycles. The third-order valence-electron chi connectivity index (χ3n) is 5.09. The van der Waals surface area contributed by atoms with Gasteiger partial charge in [0.1, 0.15) is 12.0 Å². The molecule has 2 amide bonds. The van der Waals surface area contributed by atoms with Gasteiger partial charge in [-0.25, -0.2) is 9.82 Å². The van der Waals surface area contributed by atoms with E-state index in [2.05, 4.69) is 28.1 Å². The molecule has 1 fully saturated rings. The normalized spacial score (nSPS) is 20.6. The van der Waals surface area contributed by atoms with Gasteiger partial charge in [0.05, 0.1) is 12.5 Å².